The number of carbonyl (C=O) groups is 3. The molecule has 0 aromatic heterocycles. The monoisotopic (exact) mass is 469 g/mol. The Morgan fingerprint density at radius 2 is 1.57 bits per heavy atom. The zero-order valence-corrected chi connectivity index (χ0v) is 18.6. The molecule has 6 rings (SSSR count). The van der Waals surface area contributed by atoms with Gasteiger partial charge in [0.1, 0.15) is 5.54 Å². The number of phenolic OH excluding ortho intramolecular Hbond substituents is 2. The van der Waals surface area contributed by atoms with Crippen molar-refractivity contribution in [2.45, 2.75) is 24.5 Å². The summed E-state index contributed by atoms with van der Waals surface area (Å²) in [4.78, 5) is 42.3. The van der Waals surface area contributed by atoms with E-state index in [4.69, 9.17) is 0 Å². The van der Waals surface area contributed by atoms with Gasteiger partial charge in [-0.15, -0.1) is 0 Å². The summed E-state index contributed by atoms with van der Waals surface area (Å²) in [6.45, 7) is 0.136. The van der Waals surface area contributed by atoms with Crippen LogP contribution in [-0.4, -0.2) is 38.9 Å². The molecule has 3 aliphatic heterocycles. The second-order valence-corrected chi connectivity index (χ2v) is 9.34. The van der Waals surface area contributed by atoms with Gasteiger partial charge in [-0.25, -0.2) is 0 Å². The van der Waals surface area contributed by atoms with Gasteiger partial charge in [0.25, 0.3) is 0 Å². The van der Waals surface area contributed by atoms with Gasteiger partial charge in [0, 0.05) is 17.3 Å². The minimum absolute atomic E-state index is 0.136. The number of nitrogens with one attached hydrogen (secondary N) is 2. The maximum atomic E-state index is 13.8. The number of anilines is 1. The maximum absolute atomic E-state index is 13.8. The van der Waals surface area contributed by atoms with Crippen LogP contribution >= 0.6 is 0 Å². The minimum atomic E-state index is -1.37. The smallest absolute Gasteiger partial charge is 0.250 e. The number of nitrogens with zero attached hydrogens (tertiary/aromatic N) is 1. The highest BCUT2D eigenvalue weighted by molar-refractivity contribution is 6.15. The van der Waals surface area contributed by atoms with Crippen LogP contribution in [0.25, 0.3) is 0 Å². The Labute approximate surface area is 201 Å². The number of rotatable bonds is 4. The molecule has 3 aromatic rings. The molecular formula is C27H23N3O5. The molecule has 0 radical (unpaired) electrons. The SMILES string of the molecule is O=C1[C@@H]2[C@H](Cc3ccc(O)c(O)c3)N[C@@]3(C(=O)Nc4ccccc43)[C@@H]2C(=O)N1Cc1ccccc1. The molecule has 3 heterocycles. The number of amides is 3. The number of hydrogen-bond donors (Lipinski definition) is 4. The van der Waals surface area contributed by atoms with Crippen LogP contribution < -0.4 is 10.6 Å². The highest BCUT2D eigenvalue weighted by atomic mass is 16.3. The van der Waals surface area contributed by atoms with Crippen molar-refractivity contribution in [2.24, 2.45) is 11.8 Å². The van der Waals surface area contributed by atoms with Gasteiger partial charge in [-0.3, -0.25) is 24.6 Å². The number of likely N-dealkylation sites (tertiary alicyclic amines) is 1. The summed E-state index contributed by atoms with van der Waals surface area (Å²) in [7, 11) is 0. The summed E-state index contributed by atoms with van der Waals surface area (Å²) in [6, 6.07) is 20.4. The van der Waals surface area contributed by atoms with Gasteiger partial charge in [0.05, 0.1) is 18.4 Å². The first-order valence-corrected chi connectivity index (χ1v) is 11.5. The lowest BCUT2D eigenvalue weighted by Gasteiger charge is -2.29. The third-order valence-electron chi connectivity index (χ3n) is 7.39. The van der Waals surface area contributed by atoms with Crippen molar-refractivity contribution in [1.82, 2.24) is 10.2 Å². The van der Waals surface area contributed by atoms with E-state index >= 15 is 0 Å². The molecule has 3 aliphatic rings. The Bertz CT molecular complexity index is 1370. The first kappa shape index (κ1) is 21.4. The summed E-state index contributed by atoms with van der Waals surface area (Å²) in [5.74, 6) is -3.23. The first-order valence-electron chi connectivity index (χ1n) is 11.5. The molecule has 0 bridgehead atoms. The zero-order valence-electron chi connectivity index (χ0n) is 18.6. The third-order valence-corrected chi connectivity index (χ3v) is 7.39. The van der Waals surface area contributed by atoms with E-state index < -0.39 is 23.4 Å². The fraction of sp³-hybridized carbons (Fsp3) is 0.222. The van der Waals surface area contributed by atoms with Crippen LogP contribution in [0.3, 0.4) is 0 Å². The average Bonchev–Trinajstić information content (AvgIpc) is 3.43. The Morgan fingerprint density at radius 3 is 2.34 bits per heavy atom. The minimum Gasteiger partial charge on any atom is -0.504 e. The summed E-state index contributed by atoms with van der Waals surface area (Å²) in [5.41, 5.74) is 1.39. The molecule has 3 amide bonds. The van der Waals surface area contributed by atoms with Crippen LogP contribution in [0, 0.1) is 11.8 Å². The van der Waals surface area contributed by atoms with E-state index in [-0.39, 0.29) is 42.2 Å². The predicted molar refractivity (Wildman–Crippen MR) is 126 cm³/mol. The Hall–Kier alpha value is -4.17. The quantitative estimate of drug-likeness (QED) is 0.344. The number of imide groups is 1. The van der Waals surface area contributed by atoms with E-state index in [1.165, 1.54) is 17.0 Å². The molecule has 4 atom stereocenters. The predicted octanol–water partition coefficient (Wildman–Crippen LogP) is 2.26. The van der Waals surface area contributed by atoms with Gasteiger partial charge >= 0.3 is 0 Å². The van der Waals surface area contributed by atoms with Gasteiger partial charge in [0.2, 0.25) is 17.7 Å². The van der Waals surface area contributed by atoms with Crippen LogP contribution in [0.4, 0.5) is 5.69 Å². The molecule has 176 valence electrons. The van der Waals surface area contributed by atoms with Crippen LogP contribution in [0.2, 0.25) is 0 Å². The van der Waals surface area contributed by atoms with Crippen molar-refractivity contribution in [3.05, 3.63) is 89.5 Å². The van der Waals surface area contributed by atoms with Crippen LogP contribution in [-0.2, 0) is 32.9 Å². The van der Waals surface area contributed by atoms with E-state index in [9.17, 15) is 24.6 Å². The Kier molecular flexibility index (Phi) is 4.69. The summed E-state index contributed by atoms with van der Waals surface area (Å²) in [6.07, 6.45) is 0.282. The Morgan fingerprint density at radius 1 is 0.829 bits per heavy atom. The molecule has 8 heteroatoms. The average molecular weight is 469 g/mol. The molecule has 35 heavy (non-hydrogen) atoms. The van der Waals surface area contributed by atoms with Crippen molar-refractivity contribution >= 4 is 23.4 Å². The lowest BCUT2D eigenvalue weighted by molar-refractivity contribution is -0.143. The second kappa shape index (κ2) is 7.68. The largest absolute Gasteiger partial charge is 0.504 e. The van der Waals surface area contributed by atoms with Crippen molar-refractivity contribution < 1.29 is 24.6 Å². The van der Waals surface area contributed by atoms with Gasteiger partial charge in [-0.1, -0.05) is 54.6 Å². The normalized spacial score (nSPS) is 26.8. The van der Waals surface area contributed by atoms with Gasteiger partial charge in [0.15, 0.2) is 11.5 Å². The molecule has 2 saturated heterocycles. The molecule has 0 unspecified atom stereocenters. The van der Waals surface area contributed by atoms with Crippen molar-refractivity contribution in [3.63, 3.8) is 0 Å². The fourth-order valence-corrected chi connectivity index (χ4v) is 5.86. The van der Waals surface area contributed by atoms with Crippen molar-refractivity contribution in [1.29, 1.82) is 0 Å². The molecule has 3 aromatic carbocycles. The molecular weight excluding hydrogens is 446 g/mol. The maximum Gasteiger partial charge on any atom is 0.250 e. The topological polar surface area (TPSA) is 119 Å². The van der Waals surface area contributed by atoms with E-state index in [1.54, 1.807) is 12.1 Å². The van der Waals surface area contributed by atoms with E-state index in [0.29, 0.717) is 16.8 Å². The highest BCUT2D eigenvalue weighted by Crippen LogP contribution is 2.53. The molecule has 4 N–H and O–H groups in total. The van der Waals surface area contributed by atoms with E-state index in [1.807, 2.05) is 48.5 Å². The number of para-hydroxylation sites is 1. The zero-order chi connectivity index (χ0) is 24.3. The Balaban J connectivity index is 1.44. The third kappa shape index (κ3) is 3.06. The molecule has 1 spiro atoms. The highest BCUT2D eigenvalue weighted by Gasteiger charge is 2.70. The molecule has 2 fully saturated rings. The summed E-state index contributed by atoms with van der Waals surface area (Å²) >= 11 is 0. The van der Waals surface area contributed by atoms with Crippen LogP contribution in [0.5, 0.6) is 11.5 Å². The number of aromatic hydroxyl groups is 2. The number of fused-ring (bicyclic) bond motifs is 4. The molecule has 8 nitrogen and oxygen atoms in total. The lowest BCUT2D eigenvalue weighted by Crippen LogP contribution is -2.53. The number of benzene rings is 3. The number of hydrogen-bond acceptors (Lipinski definition) is 6. The van der Waals surface area contributed by atoms with Crippen LogP contribution in [0.15, 0.2) is 72.8 Å². The summed E-state index contributed by atoms with van der Waals surface area (Å²) in [5, 5.41) is 25.9. The van der Waals surface area contributed by atoms with Crippen molar-refractivity contribution in [3.8, 4) is 11.5 Å². The lowest BCUT2D eigenvalue weighted by atomic mass is 9.76. The van der Waals surface area contributed by atoms with Gasteiger partial charge < -0.3 is 15.5 Å². The van der Waals surface area contributed by atoms with Crippen molar-refractivity contribution in [2.75, 3.05) is 5.32 Å². The van der Waals surface area contributed by atoms with E-state index in [2.05, 4.69) is 10.6 Å². The fourth-order valence-electron chi connectivity index (χ4n) is 5.86. The second-order valence-electron chi connectivity index (χ2n) is 9.34. The molecule has 0 saturated carbocycles. The van der Waals surface area contributed by atoms with Gasteiger partial charge in [-0.2, -0.15) is 0 Å². The first-order chi connectivity index (χ1) is 16.9. The van der Waals surface area contributed by atoms with E-state index in [0.717, 1.165) is 5.56 Å². The standard InChI is InChI=1S/C27H23N3O5/c31-20-11-10-16(13-21(20)32)12-19-22-23(25(34)30(24(22)33)14-15-6-2-1-3-7-15)27(29-19)17-8-4-5-9-18(17)28-26(27)35/h1-11,13,19,22-23,29,31-32H,12,14H2,(H,28,35)/t19-,22+,23-,27+/m0/s1. The number of carbonyl (C=O) groups excluding carboxylic acids is 3. The summed E-state index contributed by atoms with van der Waals surface area (Å²) < 4.78 is 0. The number of phenols is 2. The van der Waals surface area contributed by atoms with Crippen LogP contribution in [0.1, 0.15) is 16.7 Å². The van der Waals surface area contributed by atoms with Gasteiger partial charge in [-0.05, 0) is 35.7 Å². The molecule has 0 aliphatic carbocycles.